The normalized spacial score (nSPS) is 35.7. The molecule has 0 aliphatic heterocycles. The van der Waals surface area contributed by atoms with E-state index in [0.29, 0.717) is 12.8 Å². The number of carbonyl (C=O) groups excluding carboxylic acids is 3. The highest BCUT2D eigenvalue weighted by atomic mass is 32.2. The van der Waals surface area contributed by atoms with Crippen LogP contribution in [0.5, 0.6) is 0 Å². The fraction of sp³-hybridized carbons (Fsp3) is 0.688. The number of esters is 2. The van der Waals surface area contributed by atoms with Crippen LogP contribution in [0.4, 0.5) is 0 Å². The van der Waals surface area contributed by atoms with Gasteiger partial charge >= 0.3 is 11.9 Å². The monoisotopic (exact) mass is 371 g/mol. The Morgan fingerprint density at radius 3 is 2.68 bits per heavy atom. The van der Waals surface area contributed by atoms with Gasteiger partial charge in [0, 0.05) is 23.8 Å². The molecule has 3 rings (SSSR count). The van der Waals surface area contributed by atoms with Crippen LogP contribution in [0, 0.1) is 23.7 Å². The third kappa shape index (κ3) is 3.10. The van der Waals surface area contributed by atoms with Crippen molar-refractivity contribution in [1.29, 1.82) is 0 Å². The van der Waals surface area contributed by atoms with Gasteiger partial charge in [0.2, 0.25) is 0 Å². The lowest BCUT2D eigenvalue weighted by Gasteiger charge is -2.34. The number of rotatable bonds is 6. The van der Waals surface area contributed by atoms with Crippen molar-refractivity contribution in [3.05, 3.63) is 12.2 Å². The molecule has 3 aliphatic carbocycles. The molecule has 2 bridgehead atoms. The van der Waals surface area contributed by atoms with Crippen LogP contribution < -0.4 is 0 Å². The van der Waals surface area contributed by atoms with E-state index in [1.807, 2.05) is 0 Å². The third-order valence-electron chi connectivity index (χ3n) is 5.51. The minimum atomic E-state index is -4.47. The second kappa shape index (κ2) is 5.91. The van der Waals surface area contributed by atoms with Crippen molar-refractivity contribution < 1.29 is 36.8 Å². The van der Waals surface area contributed by atoms with Crippen molar-refractivity contribution in [1.82, 2.24) is 0 Å². The first-order valence-electron chi connectivity index (χ1n) is 8.06. The Labute approximate surface area is 145 Å². The Bertz CT molecular complexity index is 754. The van der Waals surface area contributed by atoms with Gasteiger partial charge in [-0.15, -0.1) is 0 Å². The van der Waals surface area contributed by atoms with Crippen molar-refractivity contribution in [3.8, 4) is 0 Å². The van der Waals surface area contributed by atoms with Crippen molar-refractivity contribution in [2.45, 2.75) is 31.8 Å². The third-order valence-corrected chi connectivity index (χ3v) is 6.17. The van der Waals surface area contributed by atoms with E-state index in [1.54, 1.807) is 0 Å². The van der Waals surface area contributed by atoms with Gasteiger partial charge in [0.15, 0.2) is 0 Å². The first kappa shape index (κ1) is 18.1. The van der Waals surface area contributed by atoms with Crippen LogP contribution in [0.3, 0.4) is 0 Å². The first-order valence-corrected chi connectivity index (χ1v) is 9.63. The molecule has 5 unspecified atom stereocenters. The number of ketones is 1. The smallest absolute Gasteiger partial charge is 0.333 e. The van der Waals surface area contributed by atoms with Crippen LogP contribution in [0.15, 0.2) is 12.2 Å². The lowest BCUT2D eigenvalue weighted by atomic mass is 9.77. The highest BCUT2D eigenvalue weighted by Gasteiger charge is 2.71. The van der Waals surface area contributed by atoms with Gasteiger partial charge in [-0.25, -0.2) is 13.2 Å². The van der Waals surface area contributed by atoms with Gasteiger partial charge in [-0.2, -0.15) is 0 Å². The van der Waals surface area contributed by atoms with Gasteiger partial charge in [0.25, 0.3) is 0 Å². The van der Waals surface area contributed by atoms with Crippen molar-refractivity contribution in [2.24, 2.45) is 23.7 Å². The molecule has 0 aromatic heterocycles. The number of hydrogen-bond donors (Lipinski definition) is 0. The molecule has 3 fully saturated rings. The summed E-state index contributed by atoms with van der Waals surface area (Å²) in [6.07, 6.45) is 1.06. The van der Waals surface area contributed by atoms with Gasteiger partial charge in [0.05, 0.1) is 21.8 Å². The zero-order valence-electron chi connectivity index (χ0n) is 13.7. The first-order chi connectivity index (χ1) is 11.5. The number of fused-ring (bicyclic) bond motifs is 1. The molecule has 0 aromatic carbocycles. The quantitative estimate of drug-likeness (QED) is 0.367. The van der Waals surface area contributed by atoms with E-state index >= 15 is 0 Å². The lowest BCUT2D eigenvalue weighted by molar-refractivity contribution is -0.163. The van der Waals surface area contributed by atoms with Crippen molar-refractivity contribution in [3.63, 3.8) is 0 Å². The van der Waals surface area contributed by atoms with Crippen LogP contribution >= 0.6 is 0 Å². The molecule has 0 spiro atoms. The zero-order valence-corrected chi connectivity index (χ0v) is 14.5. The summed E-state index contributed by atoms with van der Waals surface area (Å²) in [5, 5.41) is 0. The minimum Gasteiger partial charge on any atom is -0.748 e. The number of carbonyl (C=O) groups is 3. The van der Waals surface area contributed by atoms with E-state index in [0.717, 1.165) is 0 Å². The Hall–Kier alpha value is -1.74. The molecule has 25 heavy (non-hydrogen) atoms. The fourth-order valence-corrected chi connectivity index (χ4v) is 4.94. The molecule has 5 atom stereocenters. The summed E-state index contributed by atoms with van der Waals surface area (Å²) in [5.74, 6) is -3.75. The van der Waals surface area contributed by atoms with Crippen LogP contribution in [0.1, 0.15) is 26.2 Å². The molecule has 0 radical (unpaired) electrons. The number of Topliss-reactive ketones (excluding diaryl/α,β-unsaturated/α-hetero) is 1. The second-order valence-corrected chi connectivity index (χ2v) is 8.69. The summed E-state index contributed by atoms with van der Waals surface area (Å²) in [5.41, 5.74) is -0.611. The highest BCUT2D eigenvalue weighted by Crippen LogP contribution is 2.64. The SMILES string of the molecule is C=C(C)C(=O)OC12CC(=O)C3C(C(=O)OCCS(=O)(=O)[O-])C(CC31)C2. The van der Waals surface area contributed by atoms with Gasteiger partial charge in [-0.1, -0.05) is 6.58 Å². The summed E-state index contributed by atoms with van der Waals surface area (Å²) < 4.78 is 42.2. The number of hydrogen-bond acceptors (Lipinski definition) is 8. The van der Waals surface area contributed by atoms with Crippen LogP contribution in [-0.4, -0.2) is 48.7 Å². The van der Waals surface area contributed by atoms with Crippen LogP contribution in [0.25, 0.3) is 0 Å². The van der Waals surface area contributed by atoms with Gasteiger partial charge < -0.3 is 14.0 Å². The maximum absolute atomic E-state index is 12.4. The lowest BCUT2D eigenvalue weighted by Crippen LogP contribution is -2.42. The van der Waals surface area contributed by atoms with E-state index in [4.69, 9.17) is 9.47 Å². The van der Waals surface area contributed by atoms with Gasteiger partial charge in [-0.05, 0) is 25.7 Å². The van der Waals surface area contributed by atoms with Gasteiger partial charge in [-0.3, -0.25) is 9.59 Å². The fourth-order valence-electron chi connectivity index (χ4n) is 4.66. The standard InChI is InChI=1S/C16H20O8S/c1-8(2)14(18)24-16-6-9-5-10(16)13(11(17)7-16)12(9)15(19)23-3-4-25(20,21)22/h9-10,12-13H,1,3-7H2,2H3,(H,20,21,22)/p-1. The highest BCUT2D eigenvalue weighted by molar-refractivity contribution is 7.85. The molecule has 3 saturated carbocycles. The molecule has 0 heterocycles. The predicted molar refractivity (Wildman–Crippen MR) is 82.0 cm³/mol. The Kier molecular flexibility index (Phi) is 4.27. The van der Waals surface area contributed by atoms with Crippen LogP contribution in [-0.2, 0) is 34.0 Å². The zero-order chi connectivity index (χ0) is 18.6. The minimum absolute atomic E-state index is 0.0799. The van der Waals surface area contributed by atoms with E-state index < -0.39 is 51.9 Å². The second-order valence-electron chi connectivity index (χ2n) is 7.16. The molecular weight excluding hydrogens is 352 g/mol. The molecule has 9 heteroatoms. The molecule has 0 aromatic rings. The number of ether oxygens (including phenoxy) is 2. The van der Waals surface area contributed by atoms with Crippen LogP contribution in [0.2, 0.25) is 0 Å². The predicted octanol–water partition coefficient (Wildman–Crippen LogP) is 0.178. The maximum Gasteiger partial charge on any atom is 0.333 e. The Morgan fingerprint density at radius 1 is 1.40 bits per heavy atom. The largest absolute Gasteiger partial charge is 0.748 e. The molecule has 8 nitrogen and oxygen atoms in total. The molecular formula is C16H19O8S-. The molecule has 3 aliphatic rings. The average molecular weight is 371 g/mol. The van der Waals surface area contributed by atoms with Crippen molar-refractivity contribution >= 4 is 27.8 Å². The summed E-state index contributed by atoms with van der Waals surface area (Å²) in [6, 6.07) is 0. The van der Waals surface area contributed by atoms with E-state index in [2.05, 4.69) is 6.58 Å². The van der Waals surface area contributed by atoms with E-state index in [9.17, 15) is 27.4 Å². The topological polar surface area (TPSA) is 127 Å². The summed E-state index contributed by atoms with van der Waals surface area (Å²) in [4.78, 5) is 36.6. The maximum atomic E-state index is 12.4. The summed E-state index contributed by atoms with van der Waals surface area (Å²) in [6.45, 7) is 4.56. The Balaban J connectivity index is 1.70. The van der Waals surface area contributed by atoms with Gasteiger partial charge in [0.1, 0.15) is 18.0 Å². The average Bonchev–Trinajstić information content (AvgIpc) is 3.04. The van der Waals surface area contributed by atoms with E-state index in [-0.39, 0.29) is 29.6 Å². The molecule has 0 N–H and O–H groups in total. The van der Waals surface area contributed by atoms with E-state index in [1.165, 1.54) is 6.92 Å². The Morgan fingerprint density at radius 2 is 2.08 bits per heavy atom. The molecule has 0 amide bonds. The van der Waals surface area contributed by atoms with Crippen molar-refractivity contribution in [2.75, 3.05) is 12.4 Å². The summed E-state index contributed by atoms with van der Waals surface area (Å²) in [7, 11) is -4.47. The molecule has 138 valence electrons. The summed E-state index contributed by atoms with van der Waals surface area (Å²) >= 11 is 0. The molecule has 0 saturated heterocycles.